The third kappa shape index (κ3) is 2.12. The fourth-order valence-electron chi connectivity index (χ4n) is 1.96. The minimum Gasteiger partial charge on any atom is -0.330 e. The Balaban J connectivity index is 2.30. The van der Waals surface area contributed by atoms with Crippen LogP contribution in [0.15, 0.2) is 18.2 Å². The lowest BCUT2D eigenvalue weighted by atomic mass is 10.1. The Bertz CT molecular complexity index is 495. The maximum absolute atomic E-state index is 13.2. The van der Waals surface area contributed by atoms with Gasteiger partial charge in [0, 0.05) is 18.7 Å². The monoisotopic (exact) mass is 233 g/mol. The second-order valence-electron chi connectivity index (χ2n) is 4.09. The lowest BCUT2D eigenvalue weighted by molar-refractivity contribution is -0.117. The smallest absolute Gasteiger partial charge is 0.227 e. The number of rotatable bonds is 2. The van der Waals surface area contributed by atoms with Gasteiger partial charge in [-0.25, -0.2) is 4.39 Å². The zero-order valence-electron chi connectivity index (χ0n) is 9.19. The van der Waals surface area contributed by atoms with Gasteiger partial charge in [0.1, 0.15) is 11.9 Å². The second-order valence-corrected chi connectivity index (χ2v) is 4.09. The molecule has 1 heterocycles. The average molecular weight is 233 g/mol. The predicted molar refractivity (Wildman–Crippen MR) is 60.6 cm³/mol. The van der Waals surface area contributed by atoms with Gasteiger partial charge in [0.2, 0.25) is 5.91 Å². The highest BCUT2D eigenvalue weighted by atomic mass is 19.1. The molecule has 0 aliphatic carbocycles. The molecule has 5 heteroatoms. The minimum atomic E-state index is -0.571. The molecule has 1 fully saturated rings. The van der Waals surface area contributed by atoms with Crippen LogP contribution in [-0.2, 0) is 4.79 Å². The van der Waals surface area contributed by atoms with E-state index in [4.69, 9.17) is 11.0 Å². The van der Waals surface area contributed by atoms with E-state index in [0.29, 0.717) is 25.2 Å². The number of amides is 1. The number of anilines is 1. The summed E-state index contributed by atoms with van der Waals surface area (Å²) >= 11 is 0. The van der Waals surface area contributed by atoms with Crippen LogP contribution in [0, 0.1) is 23.1 Å². The normalized spacial score (nSPS) is 19.5. The predicted octanol–water partition coefficient (Wildman–Crippen LogP) is 1.01. The number of carbonyl (C=O) groups is 1. The van der Waals surface area contributed by atoms with Crippen molar-refractivity contribution in [2.75, 3.05) is 18.0 Å². The molecular formula is C12H12FN3O. The Labute approximate surface area is 98.4 Å². The molecule has 0 spiro atoms. The summed E-state index contributed by atoms with van der Waals surface area (Å²) in [6.45, 7) is 0.986. The van der Waals surface area contributed by atoms with Crippen molar-refractivity contribution in [1.82, 2.24) is 0 Å². The molecule has 4 nitrogen and oxygen atoms in total. The molecular weight excluding hydrogens is 221 g/mol. The molecule has 1 atom stereocenters. The highest BCUT2D eigenvalue weighted by Gasteiger charge is 2.29. The standard InChI is InChI=1S/C12H12FN3O/c13-11-2-1-10(4-9(11)6-15)16-7-8(5-14)3-12(16)17/h1-2,4,8H,3,5,7,14H2. The number of hydrogen-bond acceptors (Lipinski definition) is 3. The quantitative estimate of drug-likeness (QED) is 0.828. The Morgan fingerprint density at radius 2 is 2.35 bits per heavy atom. The van der Waals surface area contributed by atoms with Crippen molar-refractivity contribution in [2.24, 2.45) is 11.7 Å². The molecule has 2 rings (SSSR count). The Kier molecular flexibility index (Phi) is 3.07. The van der Waals surface area contributed by atoms with E-state index in [2.05, 4.69) is 0 Å². The largest absolute Gasteiger partial charge is 0.330 e. The number of halogens is 1. The van der Waals surface area contributed by atoms with Crippen LogP contribution in [0.1, 0.15) is 12.0 Å². The van der Waals surface area contributed by atoms with Crippen LogP contribution in [0.4, 0.5) is 10.1 Å². The van der Waals surface area contributed by atoms with Crippen molar-refractivity contribution in [3.05, 3.63) is 29.6 Å². The maximum atomic E-state index is 13.2. The molecule has 2 N–H and O–H groups in total. The number of carbonyl (C=O) groups excluding carboxylic acids is 1. The summed E-state index contributed by atoms with van der Waals surface area (Å²) in [6, 6.07) is 5.87. The van der Waals surface area contributed by atoms with E-state index in [1.165, 1.54) is 18.2 Å². The van der Waals surface area contributed by atoms with Crippen molar-refractivity contribution in [3.8, 4) is 6.07 Å². The first-order valence-electron chi connectivity index (χ1n) is 5.35. The molecule has 1 saturated heterocycles. The van der Waals surface area contributed by atoms with E-state index < -0.39 is 5.82 Å². The van der Waals surface area contributed by atoms with Crippen molar-refractivity contribution in [3.63, 3.8) is 0 Å². The van der Waals surface area contributed by atoms with E-state index in [-0.39, 0.29) is 17.4 Å². The van der Waals surface area contributed by atoms with E-state index >= 15 is 0 Å². The first kappa shape index (κ1) is 11.6. The molecule has 1 aromatic rings. The minimum absolute atomic E-state index is 0.0315. The van der Waals surface area contributed by atoms with Crippen LogP contribution >= 0.6 is 0 Å². The van der Waals surface area contributed by atoms with E-state index in [0.717, 1.165) is 0 Å². The van der Waals surface area contributed by atoms with Gasteiger partial charge in [0.15, 0.2) is 0 Å². The molecule has 88 valence electrons. The summed E-state index contributed by atoms with van der Waals surface area (Å²) in [5.74, 6) is -0.465. The van der Waals surface area contributed by atoms with E-state index in [1.54, 1.807) is 11.0 Å². The number of hydrogen-bond donors (Lipinski definition) is 1. The van der Waals surface area contributed by atoms with E-state index in [1.807, 2.05) is 0 Å². The summed E-state index contributed by atoms with van der Waals surface area (Å²) in [7, 11) is 0. The van der Waals surface area contributed by atoms with Gasteiger partial charge in [-0.05, 0) is 30.7 Å². The van der Waals surface area contributed by atoms with Crippen LogP contribution in [0.2, 0.25) is 0 Å². The van der Waals surface area contributed by atoms with Gasteiger partial charge < -0.3 is 10.6 Å². The third-order valence-electron chi connectivity index (χ3n) is 2.92. The SMILES string of the molecule is N#Cc1cc(N2CC(CN)CC2=O)ccc1F. The zero-order valence-corrected chi connectivity index (χ0v) is 9.19. The molecule has 0 aromatic heterocycles. The number of nitriles is 1. The van der Waals surface area contributed by atoms with Crippen LogP contribution in [0.3, 0.4) is 0 Å². The van der Waals surface area contributed by atoms with Gasteiger partial charge in [0.25, 0.3) is 0 Å². The highest BCUT2D eigenvalue weighted by Crippen LogP contribution is 2.26. The van der Waals surface area contributed by atoms with Crippen LogP contribution in [0.25, 0.3) is 0 Å². The summed E-state index contributed by atoms with van der Waals surface area (Å²) in [5, 5.41) is 8.74. The maximum Gasteiger partial charge on any atom is 0.227 e. The fourth-order valence-corrected chi connectivity index (χ4v) is 1.96. The summed E-state index contributed by atoms with van der Waals surface area (Å²) in [4.78, 5) is 13.3. The average Bonchev–Trinajstić information content (AvgIpc) is 2.71. The second kappa shape index (κ2) is 4.52. The van der Waals surface area contributed by atoms with Crippen LogP contribution in [0.5, 0.6) is 0 Å². The van der Waals surface area contributed by atoms with Crippen molar-refractivity contribution < 1.29 is 9.18 Å². The molecule has 1 aliphatic rings. The van der Waals surface area contributed by atoms with Crippen molar-refractivity contribution in [2.45, 2.75) is 6.42 Å². The van der Waals surface area contributed by atoms with Crippen molar-refractivity contribution in [1.29, 1.82) is 5.26 Å². The molecule has 0 radical (unpaired) electrons. The highest BCUT2D eigenvalue weighted by molar-refractivity contribution is 5.95. The fraction of sp³-hybridized carbons (Fsp3) is 0.333. The summed E-state index contributed by atoms with van der Waals surface area (Å²) in [5.41, 5.74) is 6.03. The first-order chi connectivity index (χ1) is 8.15. The molecule has 1 unspecified atom stereocenters. The number of nitrogens with zero attached hydrogens (tertiary/aromatic N) is 2. The van der Waals surface area contributed by atoms with Gasteiger partial charge in [-0.1, -0.05) is 0 Å². The number of benzene rings is 1. The molecule has 0 saturated carbocycles. The van der Waals surface area contributed by atoms with Gasteiger partial charge >= 0.3 is 0 Å². The van der Waals surface area contributed by atoms with Gasteiger partial charge in [-0.2, -0.15) is 5.26 Å². The van der Waals surface area contributed by atoms with Crippen LogP contribution in [-0.4, -0.2) is 19.0 Å². The Morgan fingerprint density at radius 1 is 1.59 bits per heavy atom. The zero-order chi connectivity index (χ0) is 12.4. The molecule has 0 bridgehead atoms. The lowest BCUT2D eigenvalue weighted by Crippen LogP contribution is -2.25. The third-order valence-corrected chi connectivity index (χ3v) is 2.92. The van der Waals surface area contributed by atoms with Crippen LogP contribution < -0.4 is 10.6 Å². The van der Waals surface area contributed by atoms with Gasteiger partial charge in [-0.15, -0.1) is 0 Å². The topological polar surface area (TPSA) is 70.1 Å². The molecule has 1 aromatic carbocycles. The Morgan fingerprint density at radius 3 is 2.94 bits per heavy atom. The van der Waals surface area contributed by atoms with Gasteiger partial charge in [0.05, 0.1) is 5.56 Å². The first-order valence-corrected chi connectivity index (χ1v) is 5.35. The molecule has 17 heavy (non-hydrogen) atoms. The molecule has 1 amide bonds. The lowest BCUT2D eigenvalue weighted by Gasteiger charge is -2.16. The van der Waals surface area contributed by atoms with Crippen molar-refractivity contribution >= 4 is 11.6 Å². The summed E-state index contributed by atoms with van der Waals surface area (Å²) in [6.07, 6.45) is 0.412. The van der Waals surface area contributed by atoms with E-state index in [9.17, 15) is 9.18 Å². The molecule has 1 aliphatic heterocycles. The Hall–Kier alpha value is -1.93. The van der Waals surface area contributed by atoms with Gasteiger partial charge in [-0.3, -0.25) is 4.79 Å². The summed E-state index contributed by atoms with van der Waals surface area (Å²) < 4.78 is 13.2. The number of nitrogens with two attached hydrogens (primary N) is 1.